The smallest absolute Gasteiger partial charge is 0.305 e. The fourth-order valence-corrected chi connectivity index (χ4v) is 3.94. The molecule has 0 spiro atoms. The van der Waals surface area contributed by atoms with Crippen molar-refractivity contribution in [3.63, 3.8) is 0 Å². The number of nitrogens with two attached hydrogens (primary N) is 1. The van der Waals surface area contributed by atoms with E-state index >= 15 is 0 Å². The summed E-state index contributed by atoms with van der Waals surface area (Å²) >= 11 is 1.54. The van der Waals surface area contributed by atoms with E-state index in [9.17, 15) is 9.59 Å². The number of carboxylic acids is 1. The van der Waals surface area contributed by atoms with Gasteiger partial charge in [-0.25, -0.2) is 4.98 Å². The fraction of sp³-hybridized carbons (Fsp3) is 0.462. The number of thiophene rings is 1. The molecule has 0 amide bonds. The lowest BCUT2D eigenvalue weighted by Crippen LogP contribution is -2.26. The molecule has 0 aromatic carbocycles. The van der Waals surface area contributed by atoms with E-state index in [1.54, 1.807) is 11.3 Å². The summed E-state index contributed by atoms with van der Waals surface area (Å²) in [6.45, 7) is 0.0631. The minimum atomic E-state index is -0.955. The average molecular weight is 293 g/mol. The number of fused-ring (bicyclic) bond motifs is 3. The molecule has 6 nitrogen and oxygen atoms in total. The number of carboxylic acid groups (broad SMARTS) is 1. The van der Waals surface area contributed by atoms with E-state index in [0.29, 0.717) is 10.2 Å². The van der Waals surface area contributed by atoms with Crippen LogP contribution in [-0.4, -0.2) is 20.6 Å². The van der Waals surface area contributed by atoms with Gasteiger partial charge in [-0.05, 0) is 31.2 Å². The van der Waals surface area contributed by atoms with E-state index < -0.39 is 5.97 Å². The van der Waals surface area contributed by atoms with E-state index in [1.807, 2.05) is 0 Å². The molecule has 106 valence electrons. The maximum absolute atomic E-state index is 12.6. The quantitative estimate of drug-likeness (QED) is 0.891. The van der Waals surface area contributed by atoms with Gasteiger partial charge in [0.2, 0.25) is 5.95 Å². The maximum atomic E-state index is 12.6. The Balaban J connectivity index is 2.17. The summed E-state index contributed by atoms with van der Waals surface area (Å²) in [6, 6.07) is 0. The molecule has 0 atom stereocenters. The number of anilines is 1. The van der Waals surface area contributed by atoms with E-state index in [4.69, 9.17) is 10.8 Å². The van der Waals surface area contributed by atoms with E-state index in [1.165, 1.54) is 9.44 Å². The van der Waals surface area contributed by atoms with Crippen molar-refractivity contribution >= 4 is 33.5 Å². The Morgan fingerprint density at radius 2 is 2.15 bits per heavy atom. The standard InChI is InChI=1S/C13H15N3O3S/c14-13-15-11-10(7-3-1-2-4-8(7)20-11)12(19)16(13)6-5-9(17)18/h1-6H2,(H2,14,15)(H,17,18). The monoisotopic (exact) mass is 293 g/mol. The zero-order valence-corrected chi connectivity index (χ0v) is 11.7. The minimum Gasteiger partial charge on any atom is -0.481 e. The van der Waals surface area contributed by atoms with Crippen molar-refractivity contribution in [2.75, 3.05) is 5.73 Å². The third-order valence-electron chi connectivity index (χ3n) is 3.65. The highest BCUT2D eigenvalue weighted by molar-refractivity contribution is 7.18. The molecule has 2 heterocycles. The van der Waals surface area contributed by atoms with E-state index in [-0.39, 0.29) is 24.5 Å². The Hall–Kier alpha value is -1.89. The molecule has 0 saturated heterocycles. The predicted octanol–water partition coefficient (Wildman–Crippen LogP) is 1.39. The summed E-state index contributed by atoms with van der Waals surface area (Å²) in [5.41, 5.74) is 6.69. The van der Waals surface area contributed by atoms with Crippen molar-refractivity contribution in [1.29, 1.82) is 0 Å². The summed E-state index contributed by atoms with van der Waals surface area (Å²) in [4.78, 5) is 29.4. The molecule has 20 heavy (non-hydrogen) atoms. The second kappa shape index (κ2) is 4.90. The second-order valence-corrected chi connectivity index (χ2v) is 6.05. The molecule has 0 saturated carbocycles. The summed E-state index contributed by atoms with van der Waals surface area (Å²) in [6.07, 6.45) is 3.98. The highest BCUT2D eigenvalue weighted by atomic mass is 32.1. The largest absolute Gasteiger partial charge is 0.481 e. The number of nitrogens with zero attached hydrogens (tertiary/aromatic N) is 2. The van der Waals surface area contributed by atoms with Gasteiger partial charge in [-0.3, -0.25) is 14.2 Å². The second-order valence-electron chi connectivity index (χ2n) is 4.96. The SMILES string of the molecule is Nc1nc2sc3c(c2c(=O)n1CCC(=O)O)CCCC3. The normalized spacial score (nSPS) is 14.4. The first-order valence-electron chi connectivity index (χ1n) is 6.60. The summed E-state index contributed by atoms with van der Waals surface area (Å²) in [5.74, 6) is -0.855. The first-order valence-corrected chi connectivity index (χ1v) is 7.42. The number of nitrogen functional groups attached to an aromatic ring is 1. The highest BCUT2D eigenvalue weighted by Crippen LogP contribution is 2.33. The zero-order chi connectivity index (χ0) is 14.3. The molecular weight excluding hydrogens is 278 g/mol. The number of aliphatic carboxylic acids is 1. The Kier molecular flexibility index (Phi) is 3.21. The first kappa shape index (κ1) is 13.1. The molecule has 2 aromatic rings. The van der Waals surface area contributed by atoms with Crippen molar-refractivity contribution in [3.8, 4) is 0 Å². The zero-order valence-electron chi connectivity index (χ0n) is 10.9. The van der Waals surface area contributed by atoms with Gasteiger partial charge in [-0.2, -0.15) is 0 Å². The lowest BCUT2D eigenvalue weighted by atomic mass is 9.97. The summed E-state index contributed by atoms with van der Waals surface area (Å²) < 4.78 is 1.28. The van der Waals surface area contributed by atoms with Crippen molar-refractivity contribution < 1.29 is 9.90 Å². The molecule has 1 aliphatic rings. The Morgan fingerprint density at radius 1 is 1.40 bits per heavy atom. The molecule has 0 aliphatic heterocycles. The number of hydrogen-bond donors (Lipinski definition) is 2. The number of aryl methyl sites for hydroxylation is 2. The van der Waals surface area contributed by atoms with Gasteiger partial charge in [0.1, 0.15) is 4.83 Å². The van der Waals surface area contributed by atoms with E-state index in [2.05, 4.69) is 4.98 Å². The van der Waals surface area contributed by atoms with Crippen LogP contribution in [0.1, 0.15) is 29.7 Å². The molecule has 7 heteroatoms. The molecule has 0 radical (unpaired) electrons. The molecule has 1 aliphatic carbocycles. The minimum absolute atomic E-state index is 0.0631. The topological polar surface area (TPSA) is 98.2 Å². The Bertz CT molecular complexity index is 747. The van der Waals surface area contributed by atoms with Crippen LogP contribution in [0, 0.1) is 0 Å². The predicted molar refractivity (Wildman–Crippen MR) is 77.2 cm³/mol. The molecule has 0 unspecified atom stereocenters. The molecule has 0 fully saturated rings. The summed E-state index contributed by atoms with van der Waals surface area (Å²) in [7, 11) is 0. The molecule has 0 bridgehead atoms. The lowest BCUT2D eigenvalue weighted by Gasteiger charge is -2.11. The third-order valence-corrected chi connectivity index (χ3v) is 4.84. The van der Waals surface area contributed by atoms with Crippen molar-refractivity contribution in [2.24, 2.45) is 0 Å². The van der Waals surface area contributed by atoms with Gasteiger partial charge in [-0.1, -0.05) is 0 Å². The van der Waals surface area contributed by atoms with Gasteiger partial charge in [0.25, 0.3) is 5.56 Å². The van der Waals surface area contributed by atoms with Crippen LogP contribution in [-0.2, 0) is 24.2 Å². The number of carbonyl (C=O) groups is 1. The van der Waals surface area contributed by atoms with Gasteiger partial charge in [0.15, 0.2) is 0 Å². The van der Waals surface area contributed by atoms with Crippen LogP contribution in [0.5, 0.6) is 0 Å². The Labute approximate surface area is 118 Å². The number of aromatic nitrogens is 2. The first-order chi connectivity index (χ1) is 9.58. The van der Waals surface area contributed by atoms with Gasteiger partial charge in [0, 0.05) is 11.4 Å². The third kappa shape index (κ3) is 2.07. The molecular formula is C13H15N3O3S. The van der Waals surface area contributed by atoms with Crippen molar-refractivity contribution in [1.82, 2.24) is 9.55 Å². The summed E-state index contributed by atoms with van der Waals surface area (Å²) in [5, 5.41) is 9.39. The lowest BCUT2D eigenvalue weighted by molar-refractivity contribution is -0.137. The molecule has 3 rings (SSSR count). The van der Waals surface area contributed by atoms with Crippen molar-refractivity contribution in [3.05, 3.63) is 20.8 Å². The van der Waals surface area contributed by atoms with Gasteiger partial charge in [0.05, 0.1) is 11.8 Å². The maximum Gasteiger partial charge on any atom is 0.305 e. The van der Waals surface area contributed by atoms with Crippen LogP contribution in [0.2, 0.25) is 0 Å². The highest BCUT2D eigenvalue weighted by Gasteiger charge is 2.21. The van der Waals surface area contributed by atoms with Gasteiger partial charge in [-0.15, -0.1) is 11.3 Å². The Morgan fingerprint density at radius 3 is 2.90 bits per heavy atom. The van der Waals surface area contributed by atoms with Crippen molar-refractivity contribution in [2.45, 2.75) is 38.6 Å². The van der Waals surface area contributed by atoms with Gasteiger partial charge < -0.3 is 10.8 Å². The molecule has 3 N–H and O–H groups in total. The van der Waals surface area contributed by atoms with Crippen LogP contribution in [0.4, 0.5) is 5.95 Å². The number of rotatable bonds is 3. The molecule has 2 aromatic heterocycles. The fourth-order valence-electron chi connectivity index (χ4n) is 2.68. The van der Waals surface area contributed by atoms with Gasteiger partial charge >= 0.3 is 5.97 Å². The van der Waals surface area contributed by atoms with Crippen LogP contribution >= 0.6 is 11.3 Å². The number of hydrogen-bond acceptors (Lipinski definition) is 5. The average Bonchev–Trinajstić information content (AvgIpc) is 2.75. The van der Waals surface area contributed by atoms with Crippen LogP contribution in [0.3, 0.4) is 0 Å². The van der Waals surface area contributed by atoms with Crippen LogP contribution < -0.4 is 11.3 Å². The van der Waals surface area contributed by atoms with Crippen LogP contribution in [0.15, 0.2) is 4.79 Å². The van der Waals surface area contributed by atoms with Crippen LogP contribution in [0.25, 0.3) is 10.2 Å². The van der Waals surface area contributed by atoms with E-state index in [0.717, 1.165) is 31.2 Å².